The van der Waals surface area contributed by atoms with Crippen LogP contribution in [0, 0.1) is 11.8 Å². The second-order valence-electron chi connectivity index (χ2n) is 7.80. The molecular weight excluding hydrogens is 316 g/mol. The lowest BCUT2D eigenvalue weighted by Crippen LogP contribution is -2.67. The standard InChI is InChI=1S/C20H26N2O3/c23-18(16-5-2-1-3-6-16)21-11-15-9-10-20(25-12-15)13-22(14-20)19(24)17-7-4-8-17/h1-3,5-6,15,17H,4,7-14H2,(H,21,23)/t15-/m0/s1. The molecule has 0 radical (unpaired) electrons. The largest absolute Gasteiger partial charge is 0.371 e. The first kappa shape index (κ1) is 16.6. The summed E-state index contributed by atoms with van der Waals surface area (Å²) in [6, 6.07) is 9.29. The molecule has 1 aliphatic carbocycles. The molecule has 3 fully saturated rings. The minimum atomic E-state index is -0.112. The maximum Gasteiger partial charge on any atom is 0.251 e. The van der Waals surface area contributed by atoms with Gasteiger partial charge in [-0.1, -0.05) is 24.6 Å². The number of nitrogens with zero attached hydrogens (tertiary/aromatic N) is 1. The van der Waals surface area contributed by atoms with E-state index in [1.165, 1.54) is 6.42 Å². The number of likely N-dealkylation sites (tertiary alicyclic amines) is 1. The van der Waals surface area contributed by atoms with Crippen molar-refractivity contribution in [3.05, 3.63) is 35.9 Å². The summed E-state index contributed by atoms with van der Waals surface area (Å²) in [7, 11) is 0. The first-order valence-corrected chi connectivity index (χ1v) is 9.41. The van der Waals surface area contributed by atoms with Gasteiger partial charge in [0.05, 0.1) is 19.7 Å². The van der Waals surface area contributed by atoms with Crippen LogP contribution in [-0.4, -0.2) is 48.6 Å². The number of benzene rings is 1. The molecule has 1 N–H and O–H groups in total. The van der Waals surface area contributed by atoms with Crippen LogP contribution in [-0.2, 0) is 9.53 Å². The summed E-state index contributed by atoms with van der Waals surface area (Å²) < 4.78 is 6.12. The highest BCUT2D eigenvalue weighted by Gasteiger charge is 2.49. The van der Waals surface area contributed by atoms with Crippen LogP contribution in [0.1, 0.15) is 42.5 Å². The number of rotatable bonds is 4. The van der Waals surface area contributed by atoms with Crippen LogP contribution in [0.2, 0.25) is 0 Å². The normalized spacial score (nSPS) is 25.1. The first-order chi connectivity index (χ1) is 12.2. The Kier molecular flexibility index (Phi) is 4.50. The molecule has 2 amide bonds. The van der Waals surface area contributed by atoms with Crippen LogP contribution in [0.3, 0.4) is 0 Å². The van der Waals surface area contributed by atoms with Crippen LogP contribution >= 0.6 is 0 Å². The highest BCUT2D eigenvalue weighted by Crippen LogP contribution is 2.38. The zero-order chi connectivity index (χ0) is 17.3. The predicted octanol–water partition coefficient (Wildman–Crippen LogP) is 2.22. The molecule has 1 aromatic carbocycles. The summed E-state index contributed by atoms with van der Waals surface area (Å²) in [6.45, 7) is 2.83. The summed E-state index contributed by atoms with van der Waals surface area (Å²) in [6.07, 6.45) is 5.34. The number of carbonyl (C=O) groups is 2. The summed E-state index contributed by atoms with van der Waals surface area (Å²) in [5.41, 5.74) is 0.583. The molecule has 0 bridgehead atoms. The number of nitrogens with one attached hydrogen (secondary N) is 1. The van der Waals surface area contributed by atoms with Gasteiger partial charge in [0.25, 0.3) is 5.91 Å². The molecule has 1 atom stereocenters. The SMILES string of the molecule is O=C(NC[C@@H]1CCC2(CN(C(=O)C3CCC3)C2)OC1)c1ccccc1. The number of hydrogen-bond donors (Lipinski definition) is 1. The van der Waals surface area contributed by atoms with Crippen LogP contribution in [0.15, 0.2) is 30.3 Å². The Morgan fingerprint density at radius 2 is 1.92 bits per heavy atom. The fourth-order valence-electron chi connectivity index (χ4n) is 3.97. The third-order valence-electron chi connectivity index (χ3n) is 5.94. The lowest BCUT2D eigenvalue weighted by Gasteiger charge is -2.54. The van der Waals surface area contributed by atoms with Gasteiger partial charge in [-0.25, -0.2) is 0 Å². The van der Waals surface area contributed by atoms with Crippen molar-refractivity contribution in [3.8, 4) is 0 Å². The lowest BCUT2D eigenvalue weighted by atomic mass is 9.79. The smallest absolute Gasteiger partial charge is 0.251 e. The van der Waals surface area contributed by atoms with E-state index in [-0.39, 0.29) is 17.4 Å². The van der Waals surface area contributed by atoms with Gasteiger partial charge in [-0.3, -0.25) is 9.59 Å². The molecular formula is C20H26N2O3. The molecule has 25 heavy (non-hydrogen) atoms. The van der Waals surface area contributed by atoms with Gasteiger partial charge in [-0.05, 0) is 43.7 Å². The molecule has 4 rings (SSSR count). The molecule has 134 valence electrons. The summed E-state index contributed by atoms with van der Waals surface area (Å²) >= 11 is 0. The van der Waals surface area contributed by atoms with Gasteiger partial charge in [-0.15, -0.1) is 0 Å². The number of hydrogen-bond acceptors (Lipinski definition) is 3. The second-order valence-corrected chi connectivity index (χ2v) is 7.80. The third-order valence-corrected chi connectivity index (χ3v) is 5.94. The Labute approximate surface area is 148 Å². The van der Waals surface area contributed by atoms with Gasteiger partial charge in [-0.2, -0.15) is 0 Å². The van der Waals surface area contributed by atoms with Crippen LogP contribution < -0.4 is 5.32 Å². The van der Waals surface area contributed by atoms with E-state index in [9.17, 15) is 9.59 Å². The van der Waals surface area contributed by atoms with Crippen LogP contribution in [0.25, 0.3) is 0 Å². The van der Waals surface area contributed by atoms with Crippen LogP contribution in [0.4, 0.5) is 0 Å². The van der Waals surface area contributed by atoms with Crippen molar-refractivity contribution in [2.24, 2.45) is 11.8 Å². The predicted molar refractivity (Wildman–Crippen MR) is 94.1 cm³/mol. The van der Waals surface area contributed by atoms with Gasteiger partial charge in [0, 0.05) is 18.0 Å². The monoisotopic (exact) mass is 342 g/mol. The Morgan fingerprint density at radius 3 is 2.52 bits per heavy atom. The molecule has 1 aromatic rings. The van der Waals surface area contributed by atoms with Gasteiger partial charge in [0.2, 0.25) is 5.91 Å². The van der Waals surface area contributed by atoms with E-state index < -0.39 is 0 Å². The van der Waals surface area contributed by atoms with E-state index in [1.807, 2.05) is 35.2 Å². The van der Waals surface area contributed by atoms with Crippen molar-refractivity contribution < 1.29 is 14.3 Å². The molecule has 3 aliphatic rings. The molecule has 2 saturated heterocycles. The molecule has 5 heteroatoms. The molecule has 5 nitrogen and oxygen atoms in total. The van der Waals surface area contributed by atoms with Gasteiger partial charge in [0.1, 0.15) is 5.60 Å². The minimum Gasteiger partial charge on any atom is -0.371 e. The van der Waals surface area contributed by atoms with E-state index in [2.05, 4.69) is 5.32 Å². The second kappa shape index (κ2) is 6.79. The zero-order valence-corrected chi connectivity index (χ0v) is 14.6. The van der Waals surface area contributed by atoms with Crippen molar-refractivity contribution in [3.63, 3.8) is 0 Å². The van der Waals surface area contributed by atoms with Gasteiger partial charge in [0.15, 0.2) is 0 Å². The molecule has 2 heterocycles. The molecule has 1 spiro atoms. The highest BCUT2D eigenvalue weighted by atomic mass is 16.5. The van der Waals surface area contributed by atoms with Gasteiger partial charge < -0.3 is 15.0 Å². The number of amides is 2. The summed E-state index contributed by atoms with van der Waals surface area (Å²) in [5.74, 6) is 0.941. The minimum absolute atomic E-state index is 0.0261. The maximum atomic E-state index is 12.2. The maximum absolute atomic E-state index is 12.2. The Balaban J connectivity index is 1.19. The van der Waals surface area contributed by atoms with Crippen molar-refractivity contribution in [1.29, 1.82) is 0 Å². The van der Waals surface area contributed by atoms with Crippen LogP contribution in [0.5, 0.6) is 0 Å². The van der Waals surface area contributed by atoms with Crippen molar-refractivity contribution in [1.82, 2.24) is 10.2 Å². The average Bonchev–Trinajstić information content (AvgIpc) is 2.57. The quantitative estimate of drug-likeness (QED) is 0.913. The van der Waals surface area contributed by atoms with E-state index in [4.69, 9.17) is 4.74 Å². The third kappa shape index (κ3) is 3.43. The first-order valence-electron chi connectivity index (χ1n) is 9.41. The molecule has 0 aromatic heterocycles. The number of ether oxygens (including phenoxy) is 1. The molecule has 0 unspecified atom stereocenters. The van der Waals surface area contributed by atoms with E-state index in [0.717, 1.165) is 38.8 Å². The summed E-state index contributed by atoms with van der Waals surface area (Å²) in [4.78, 5) is 26.3. The fraction of sp³-hybridized carbons (Fsp3) is 0.600. The van der Waals surface area contributed by atoms with E-state index >= 15 is 0 Å². The Bertz CT molecular complexity index is 626. The topological polar surface area (TPSA) is 58.6 Å². The van der Waals surface area contributed by atoms with Gasteiger partial charge >= 0.3 is 0 Å². The average molecular weight is 342 g/mol. The molecule has 2 aliphatic heterocycles. The Hall–Kier alpha value is -1.88. The lowest BCUT2D eigenvalue weighted by molar-refractivity contribution is -0.192. The van der Waals surface area contributed by atoms with Crippen molar-refractivity contribution in [2.75, 3.05) is 26.2 Å². The molecule has 1 saturated carbocycles. The highest BCUT2D eigenvalue weighted by molar-refractivity contribution is 5.94. The summed E-state index contributed by atoms with van der Waals surface area (Å²) in [5, 5.41) is 3.01. The Morgan fingerprint density at radius 1 is 1.16 bits per heavy atom. The van der Waals surface area contributed by atoms with E-state index in [0.29, 0.717) is 30.5 Å². The van der Waals surface area contributed by atoms with Crippen molar-refractivity contribution in [2.45, 2.75) is 37.7 Å². The fourth-order valence-corrected chi connectivity index (χ4v) is 3.97. The van der Waals surface area contributed by atoms with E-state index in [1.54, 1.807) is 0 Å². The number of carbonyl (C=O) groups excluding carboxylic acids is 2. The zero-order valence-electron chi connectivity index (χ0n) is 14.6. The van der Waals surface area contributed by atoms with Crippen molar-refractivity contribution >= 4 is 11.8 Å².